The summed E-state index contributed by atoms with van der Waals surface area (Å²) in [6.07, 6.45) is 3.77. The van der Waals surface area contributed by atoms with E-state index in [0.717, 1.165) is 31.9 Å². The number of ether oxygens (including phenoxy) is 3. The van der Waals surface area contributed by atoms with Crippen molar-refractivity contribution in [1.29, 1.82) is 0 Å². The van der Waals surface area contributed by atoms with Crippen LogP contribution in [0, 0.1) is 0 Å². The molecule has 0 radical (unpaired) electrons. The monoisotopic (exact) mass is 389 g/mol. The first-order chi connectivity index (χ1) is 13.5. The molecule has 0 aromatic heterocycles. The van der Waals surface area contributed by atoms with Gasteiger partial charge in [-0.2, -0.15) is 0 Å². The molecule has 2 fully saturated rings. The maximum atomic E-state index is 12.5. The summed E-state index contributed by atoms with van der Waals surface area (Å²) >= 11 is 0. The lowest BCUT2D eigenvalue weighted by molar-refractivity contribution is -0.184. The van der Waals surface area contributed by atoms with Crippen LogP contribution in [0.1, 0.15) is 44.6 Å². The smallest absolute Gasteiger partial charge is 0.418 e. The second-order valence-corrected chi connectivity index (χ2v) is 7.48. The van der Waals surface area contributed by atoms with Gasteiger partial charge in [0.15, 0.2) is 0 Å². The van der Waals surface area contributed by atoms with Crippen molar-refractivity contribution in [3.63, 3.8) is 0 Å². The van der Waals surface area contributed by atoms with Gasteiger partial charge in [-0.3, -0.25) is 0 Å². The Morgan fingerprint density at radius 2 is 1.71 bits per heavy atom. The van der Waals surface area contributed by atoms with Gasteiger partial charge >= 0.3 is 18.0 Å². The molecular weight excluding hydrogens is 362 g/mol. The Bertz CT molecular complexity index is 705. The minimum atomic E-state index is -1.01. The second-order valence-electron chi connectivity index (χ2n) is 7.48. The van der Waals surface area contributed by atoms with Crippen molar-refractivity contribution in [1.82, 2.24) is 4.90 Å². The van der Waals surface area contributed by atoms with Crippen LogP contribution in [-0.4, -0.2) is 54.3 Å². The zero-order chi connectivity index (χ0) is 20.1. The third-order valence-corrected chi connectivity index (χ3v) is 5.59. The molecule has 28 heavy (non-hydrogen) atoms. The number of esters is 2. The number of hydrogen-bond acceptors (Lipinski definition) is 6. The van der Waals surface area contributed by atoms with Gasteiger partial charge in [-0.25, -0.2) is 14.4 Å². The summed E-state index contributed by atoms with van der Waals surface area (Å²) in [5.41, 5.74) is 0.161. The molecule has 0 spiro atoms. The predicted molar refractivity (Wildman–Crippen MR) is 101 cm³/mol. The standard InChI is InChI=1S/C21H27NO6/c1-3-27-20(25)22-16-10-7-11-17(22)14-21(13-16,28-19(24)18(23)26-2)12-15-8-5-4-6-9-15/h4-6,8-9,16-17H,3,7,10-14H2,1-2H3. The molecule has 1 aromatic carbocycles. The van der Waals surface area contributed by atoms with E-state index in [-0.39, 0.29) is 18.2 Å². The minimum absolute atomic E-state index is 0.0827. The van der Waals surface area contributed by atoms with Gasteiger partial charge in [0.05, 0.1) is 13.7 Å². The van der Waals surface area contributed by atoms with Gasteiger partial charge < -0.3 is 19.1 Å². The normalized spacial score (nSPS) is 26.3. The van der Waals surface area contributed by atoms with E-state index >= 15 is 0 Å². The first kappa shape index (κ1) is 20.2. The Labute approximate surface area is 164 Å². The molecule has 7 nitrogen and oxygen atoms in total. The van der Waals surface area contributed by atoms with Gasteiger partial charge in [0.25, 0.3) is 0 Å². The fourth-order valence-electron chi connectivity index (χ4n) is 4.56. The van der Waals surface area contributed by atoms with Crippen LogP contribution in [0.15, 0.2) is 30.3 Å². The summed E-state index contributed by atoms with van der Waals surface area (Å²) in [7, 11) is 1.16. The highest BCUT2D eigenvalue weighted by molar-refractivity contribution is 6.29. The zero-order valence-electron chi connectivity index (χ0n) is 16.4. The van der Waals surface area contributed by atoms with Gasteiger partial charge in [0, 0.05) is 31.3 Å². The van der Waals surface area contributed by atoms with Crippen molar-refractivity contribution in [2.75, 3.05) is 13.7 Å². The van der Waals surface area contributed by atoms with Crippen molar-refractivity contribution >= 4 is 18.0 Å². The van der Waals surface area contributed by atoms with E-state index in [1.54, 1.807) is 6.92 Å². The summed E-state index contributed by atoms with van der Waals surface area (Å²) in [5.74, 6) is -1.99. The molecule has 1 amide bonds. The highest BCUT2D eigenvalue weighted by Gasteiger charge is 2.51. The van der Waals surface area contributed by atoms with E-state index in [4.69, 9.17) is 9.47 Å². The average Bonchev–Trinajstić information content (AvgIpc) is 2.67. The van der Waals surface area contributed by atoms with Crippen LogP contribution in [0.4, 0.5) is 4.79 Å². The van der Waals surface area contributed by atoms with Gasteiger partial charge in [0.2, 0.25) is 0 Å². The Balaban J connectivity index is 1.88. The van der Waals surface area contributed by atoms with E-state index in [2.05, 4.69) is 4.74 Å². The number of piperidine rings is 2. The fourth-order valence-corrected chi connectivity index (χ4v) is 4.56. The van der Waals surface area contributed by atoms with Crippen LogP contribution in [0.25, 0.3) is 0 Å². The van der Waals surface area contributed by atoms with Crippen LogP contribution in [0.2, 0.25) is 0 Å². The number of fused-ring (bicyclic) bond motifs is 2. The molecular formula is C21H27NO6. The van der Waals surface area contributed by atoms with E-state index in [9.17, 15) is 14.4 Å². The average molecular weight is 389 g/mol. The maximum Gasteiger partial charge on any atom is 0.418 e. The molecule has 2 atom stereocenters. The Morgan fingerprint density at radius 3 is 2.29 bits per heavy atom. The van der Waals surface area contributed by atoms with Crippen LogP contribution >= 0.6 is 0 Å². The van der Waals surface area contributed by atoms with Crippen molar-refractivity contribution < 1.29 is 28.6 Å². The highest BCUT2D eigenvalue weighted by Crippen LogP contribution is 2.43. The maximum absolute atomic E-state index is 12.5. The molecule has 0 aliphatic carbocycles. The van der Waals surface area contributed by atoms with Gasteiger partial charge in [0.1, 0.15) is 5.60 Å². The molecule has 2 aliphatic heterocycles. The number of hydrogen-bond donors (Lipinski definition) is 0. The largest absolute Gasteiger partial charge is 0.461 e. The Morgan fingerprint density at radius 1 is 1.07 bits per heavy atom. The summed E-state index contributed by atoms with van der Waals surface area (Å²) in [5, 5.41) is 0. The third kappa shape index (κ3) is 4.29. The molecule has 0 N–H and O–H groups in total. The van der Waals surface area contributed by atoms with E-state index in [0.29, 0.717) is 25.9 Å². The van der Waals surface area contributed by atoms with Gasteiger partial charge in [-0.05, 0) is 31.7 Å². The van der Waals surface area contributed by atoms with Crippen LogP contribution in [0.5, 0.6) is 0 Å². The highest BCUT2D eigenvalue weighted by atomic mass is 16.6. The molecule has 2 saturated heterocycles. The van der Waals surface area contributed by atoms with E-state index in [1.165, 1.54) is 0 Å². The molecule has 2 aliphatic rings. The molecule has 3 rings (SSSR count). The van der Waals surface area contributed by atoms with Crippen molar-refractivity contribution in [3.05, 3.63) is 35.9 Å². The van der Waals surface area contributed by atoms with E-state index < -0.39 is 17.5 Å². The predicted octanol–water partition coefficient (Wildman–Crippen LogP) is 2.86. The number of methoxy groups -OCH3 is 1. The summed E-state index contributed by atoms with van der Waals surface area (Å²) in [6.45, 7) is 2.11. The van der Waals surface area contributed by atoms with E-state index in [1.807, 2.05) is 35.2 Å². The number of amides is 1. The summed E-state index contributed by atoms with van der Waals surface area (Å²) in [4.78, 5) is 38.3. The fraction of sp³-hybridized carbons (Fsp3) is 0.571. The molecule has 2 bridgehead atoms. The van der Waals surface area contributed by atoms with Crippen LogP contribution in [0.3, 0.4) is 0 Å². The molecule has 7 heteroatoms. The summed E-state index contributed by atoms with van der Waals surface area (Å²) < 4.78 is 15.5. The Kier molecular flexibility index (Phi) is 6.21. The van der Waals surface area contributed by atoms with Crippen LogP contribution < -0.4 is 0 Å². The Hall–Kier alpha value is -2.57. The number of carbonyl (C=O) groups is 3. The molecule has 152 valence electrons. The second kappa shape index (κ2) is 8.63. The number of nitrogens with zero attached hydrogens (tertiary/aromatic N) is 1. The number of benzene rings is 1. The lowest BCUT2D eigenvalue weighted by Crippen LogP contribution is -2.61. The minimum Gasteiger partial charge on any atom is -0.461 e. The van der Waals surface area contributed by atoms with Gasteiger partial charge in [-0.1, -0.05) is 30.3 Å². The lowest BCUT2D eigenvalue weighted by Gasteiger charge is -2.52. The zero-order valence-corrected chi connectivity index (χ0v) is 16.4. The first-order valence-electron chi connectivity index (χ1n) is 9.78. The molecule has 0 saturated carbocycles. The summed E-state index contributed by atoms with van der Waals surface area (Å²) in [6, 6.07) is 9.57. The van der Waals surface area contributed by atoms with Crippen molar-refractivity contribution in [2.45, 2.75) is 63.1 Å². The SMILES string of the molecule is CCOC(=O)N1C2CCCC1CC(Cc1ccccc1)(OC(=O)C(=O)OC)C2. The number of carbonyl (C=O) groups excluding carboxylic acids is 3. The van der Waals surface area contributed by atoms with Crippen molar-refractivity contribution in [2.24, 2.45) is 0 Å². The topological polar surface area (TPSA) is 82.1 Å². The lowest BCUT2D eigenvalue weighted by atomic mass is 9.73. The molecule has 2 unspecified atom stereocenters. The van der Waals surface area contributed by atoms with Gasteiger partial charge in [-0.15, -0.1) is 0 Å². The first-order valence-corrected chi connectivity index (χ1v) is 9.78. The van der Waals surface area contributed by atoms with Crippen LogP contribution in [-0.2, 0) is 30.2 Å². The van der Waals surface area contributed by atoms with Crippen molar-refractivity contribution in [3.8, 4) is 0 Å². The molecule has 1 aromatic rings. The number of rotatable bonds is 4. The third-order valence-electron chi connectivity index (χ3n) is 5.59. The molecule has 2 heterocycles. The quantitative estimate of drug-likeness (QED) is 0.447.